The average Bonchev–Trinajstić information content (AvgIpc) is 2.88. The van der Waals surface area contributed by atoms with Gasteiger partial charge in [-0.25, -0.2) is 5.43 Å². The molecule has 0 aliphatic heterocycles. The van der Waals surface area contributed by atoms with Gasteiger partial charge in [-0.2, -0.15) is 5.10 Å². The van der Waals surface area contributed by atoms with E-state index in [2.05, 4.69) is 21.2 Å². The van der Waals surface area contributed by atoms with Crippen molar-refractivity contribution in [3.63, 3.8) is 0 Å². The van der Waals surface area contributed by atoms with Crippen molar-refractivity contribution in [1.29, 1.82) is 0 Å². The van der Waals surface area contributed by atoms with Crippen LogP contribution in [0.5, 0.6) is 17.2 Å². The van der Waals surface area contributed by atoms with Crippen LogP contribution in [0.4, 0.5) is 11.4 Å². The summed E-state index contributed by atoms with van der Waals surface area (Å²) in [5.41, 5.74) is 3.83. The van der Waals surface area contributed by atoms with E-state index in [0.29, 0.717) is 34.2 Å². The number of hydrogen-bond acceptors (Lipinski definition) is 7. The maximum atomic E-state index is 12.1. The van der Waals surface area contributed by atoms with Crippen molar-refractivity contribution in [2.24, 2.45) is 5.10 Å². The molecule has 0 heterocycles. The van der Waals surface area contributed by atoms with Gasteiger partial charge in [0.25, 0.3) is 5.91 Å². The van der Waals surface area contributed by atoms with Gasteiger partial charge in [0, 0.05) is 11.4 Å². The molecule has 0 unspecified atom stereocenters. The van der Waals surface area contributed by atoms with Crippen LogP contribution < -0.4 is 30.3 Å². The van der Waals surface area contributed by atoms with Crippen molar-refractivity contribution in [1.82, 2.24) is 5.43 Å². The van der Waals surface area contributed by atoms with E-state index < -0.39 is 11.8 Å². The minimum atomic E-state index is -0.937. The molecule has 3 aromatic rings. The van der Waals surface area contributed by atoms with Crippen LogP contribution in [0.2, 0.25) is 0 Å². The molecule has 0 radical (unpaired) electrons. The monoisotopic (exact) mass is 476 g/mol. The van der Waals surface area contributed by atoms with E-state index in [9.17, 15) is 14.4 Å². The normalized spacial score (nSPS) is 10.3. The van der Waals surface area contributed by atoms with Gasteiger partial charge in [-0.1, -0.05) is 18.2 Å². The Hall–Kier alpha value is -4.86. The molecule has 0 aliphatic rings. The first kappa shape index (κ1) is 24.8. The Kier molecular flexibility index (Phi) is 8.78. The number of methoxy groups -OCH3 is 2. The second-order valence-corrected chi connectivity index (χ2v) is 6.99. The van der Waals surface area contributed by atoms with E-state index in [0.717, 1.165) is 0 Å². The lowest BCUT2D eigenvalue weighted by Gasteiger charge is -2.11. The van der Waals surface area contributed by atoms with E-state index in [1.807, 2.05) is 18.2 Å². The fraction of sp³-hybridized carbons (Fsp3) is 0.120. The summed E-state index contributed by atoms with van der Waals surface area (Å²) in [5.74, 6) is -0.782. The van der Waals surface area contributed by atoms with Crippen LogP contribution >= 0.6 is 0 Å². The fourth-order valence-electron chi connectivity index (χ4n) is 2.82. The van der Waals surface area contributed by atoms with Gasteiger partial charge in [-0.3, -0.25) is 14.4 Å². The molecule has 0 saturated carbocycles. The third-order valence-electron chi connectivity index (χ3n) is 4.54. The highest BCUT2D eigenvalue weighted by Gasteiger charge is 2.13. The van der Waals surface area contributed by atoms with Gasteiger partial charge >= 0.3 is 11.8 Å². The summed E-state index contributed by atoms with van der Waals surface area (Å²) in [5, 5.41) is 8.97. The molecular formula is C25H24N4O6. The molecule has 10 nitrogen and oxygen atoms in total. The summed E-state index contributed by atoms with van der Waals surface area (Å²) in [6.45, 7) is -0.210. The lowest BCUT2D eigenvalue weighted by molar-refractivity contribution is -0.136. The zero-order chi connectivity index (χ0) is 25.0. The predicted molar refractivity (Wildman–Crippen MR) is 131 cm³/mol. The van der Waals surface area contributed by atoms with Crippen molar-refractivity contribution >= 4 is 35.3 Å². The van der Waals surface area contributed by atoms with Crippen LogP contribution in [0.1, 0.15) is 5.56 Å². The number of hydrogen-bond donors (Lipinski definition) is 3. The fourth-order valence-corrected chi connectivity index (χ4v) is 2.82. The largest absolute Gasteiger partial charge is 0.497 e. The number of carbonyl (C=O) groups excluding carboxylic acids is 3. The smallest absolute Gasteiger partial charge is 0.329 e. The van der Waals surface area contributed by atoms with E-state index in [4.69, 9.17) is 14.2 Å². The van der Waals surface area contributed by atoms with Crippen molar-refractivity contribution in [2.45, 2.75) is 0 Å². The molecule has 0 aromatic heterocycles. The van der Waals surface area contributed by atoms with E-state index >= 15 is 0 Å². The topological polar surface area (TPSA) is 127 Å². The minimum absolute atomic E-state index is 0.210. The first-order valence-corrected chi connectivity index (χ1v) is 10.4. The molecule has 180 valence electrons. The Morgan fingerprint density at radius 1 is 0.800 bits per heavy atom. The van der Waals surface area contributed by atoms with Gasteiger partial charge in [0.2, 0.25) is 0 Å². The van der Waals surface area contributed by atoms with E-state index in [-0.39, 0.29) is 12.5 Å². The van der Waals surface area contributed by atoms with Gasteiger partial charge in [0.05, 0.1) is 20.4 Å². The zero-order valence-electron chi connectivity index (χ0n) is 19.1. The van der Waals surface area contributed by atoms with E-state index in [1.165, 1.54) is 20.4 Å². The van der Waals surface area contributed by atoms with Crippen molar-refractivity contribution in [2.75, 3.05) is 31.5 Å². The van der Waals surface area contributed by atoms with Crippen LogP contribution in [0.25, 0.3) is 0 Å². The molecule has 0 atom stereocenters. The van der Waals surface area contributed by atoms with Crippen LogP contribution in [0.15, 0.2) is 77.9 Å². The van der Waals surface area contributed by atoms with Crippen molar-refractivity contribution < 1.29 is 28.6 Å². The Balaban J connectivity index is 1.51. The number of hydrazone groups is 1. The molecule has 3 amide bonds. The quantitative estimate of drug-likeness (QED) is 0.248. The number of para-hydroxylation sites is 1. The Morgan fingerprint density at radius 2 is 1.51 bits per heavy atom. The van der Waals surface area contributed by atoms with Gasteiger partial charge in [-0.05, 0) is 60.2 Å². The van der Waals surface area contributed by atoms with Gasteiger partial charge in [0.15, 0.2) is 18.1 Å². The summed E-state index contributed by atoms with van der Waals surface area (Å²) in [6, 6.07) is 20.4. The third-order valence-corrected chi connectivity index (χ3v) is 4.54. The molecule has 0 bridgehead atoms. The maximum absolute atomic E-state index is 12.1. The number of ether oxygens (including phenoxy) is 3. The second kappa shape index (κ2) is 12.4. The highest BCUT2D eigenvalue weighted by atomic mass is 16.5. The third kappa shape index (κ3) is 7.60. The molecule has 35 heavy (non-hydrogen) atoms. The van der Waals surface area contributed by atoms with Crippen LogP contribution in [0.3, 0.4) is 0 Å². The molecule has 3 N–H and O–H groups in total. The SMILES string of the molecule is COc1ccc(NC(=O)C(=O)N/N=C/c2ccc(OCC(=O)Nc3ccccc3)c(OC)c2)cc1. The summed E-state index contributed by atoms with van der Waals surface area (Å²) in [6.07, 6.45) is 1.34. The number of carbonyl (C=O) groups is 3. The molecule has 3 aromatic carbocycles. The lowest BCUT2D eigenvalue weighted by atomic mass is 10.2. The Bertz CT molecular complexity index is 1200. The first-order valence-electron chi connectivity index (χ1n) is 10.4. The maximum Gasteiger partial charge on any atom is 0.329 e. The molecule has 0 aliphatic carbocycles. The molecule has 0 saturated heterocycles. The summed E-state index contributed by atoms with van der Waals surface area (Å²) >= 11 is 0. The van der Waals surface area contributed by atoms with Crippen molar-refractivity contribution in [3.05, 3.63) is 78.4 Å². The second-order valence-electron chi connectivity index (χ2n) is 6.99. The average molecular weight is 476 g/mol. The van der Waals surface area contributed by atoms with Gasteiger partial charge in [0.1, 0.15) is 5.75 Å². The highest BCUT2D eigenvalue weighted by Crippen LogP contribution is 2.27. The molecule has 0 spiro atoms. The van der Waals surface area contributed by atoms with Gasteiger partial charge < -0.3 is 24.8 Å². The number of rotatable bonds is 9. The number of anilines is 2. The highest BCUT2D eigenvalue weighted by molar-refractivity contribution is 6.39. The minimum Gasteiger partial charge on any atom is -0.497 e. The standard InChI is InChI=1S/C25H24N4O6/c1-33-20-11-9-19(10-12-20)28-24(31)25(32)29-26-15-17-8-13-21(22(14-17)34-2)35-16-23(30)27-18-6-4-3-5-7-18/h3-15H,16H2,1-2H3,(H,27,30)(H,28,31)(H,29,32)/b26-15+. The van der Waals surface area contributed by atoms with Crippen LogP contribution in [-0.2, 0) is 14.4 Å². The Labute approximate surface area is 201 Å². The molecule has 0 fully saturated rings. The molecule has 10 heteroatoms. The molecular weight excluding hydrogens is 452 g/mol. The number of benzene rings is 3. The van der Waals surface area contributed by atoms with Crippen LogP contribution in [0, 0.1) is 0 Å². The lowest BCUT2D eigenvalue weighted by Crippen LogP contribution is -2.32. The zero-order valence-corrected chi connectivity index (χ0v) is 19.1. The van der Waals surface area contributed by atoms with E-state index in [1.54, 1.807) is 54.6 Å². The number of nitrogens with zero attached hydrogens (tertiary/aromatic N) is 1. The van der Waals surface area contributed by atoms with Crippen molar-refractivity contribution in [3.8, 4) is 17.2 Å². The Morgan fingerprint density at radius 3 is 2.20 bits per heavy atom. The van der Waals surface area contributed by atoms with Gasteiger partial charge in [-0.15, -0.1) is 0 Å². The summed E-state index contributed by atoms with van der Waals surface area (Å²) < 4.78 is 15.9. The molecule has 3 rings (SSSR count). The predicted octanol–water partition coefficient (Wildman–Crippen LogP) is 2.81. The number of nitrogens with one attached hydrogen (secondary N) is 3. The summed E-state index contributed by atoms with van der Waals surface area (Å²) in [7, 11) is 2.99. The summed E-state index contributed by atoms with van der Waals surface area (Å²) in [4.78, 5) is 36.1. The number of amides is 3. The van der Waals surface area contributed by atoms with Crippen LogP contribution in [-0.4, -0.2) is 44.8 Å². The first-order chi connectivity index (χ1) is 17.0.